The van der Waals surface area contributed by atoms with Gasteiger partial charge in [-0.3, -0.25) is 4.79 Å². The Morgan fingerprint density at radius 1 is 1.08 bits per heavy atom. The highest BCUT2D eigenvalue weighted by atomic mass is 32.2. The maximum absolute atomic E-state index is 13.4. The van der Waals surface area contributed by atoms with Crippen molar-refractivity contribution in [3.05, 3.63) is 84.6 Å². The lowest BCUT2D eigenvalue weighted by Crippen LogP contribution is -2.31. The van der Waals surface area contributed by atoms with Crippen LogP contribution in [0.4, 0.5) is 0 Å². The molecule has 0 aliphatic carbocycles. The summed E-state index contributed by atoms with van der Waals surface area (Å²) in [5.74, 6) is -0.529. The van der Waals surface area contributed by atoms with Crippen LogP contribution in [-0.2, 0) is 14.8 Å². The number of hydrogen-bond donors (Lipinski definition) is 1. The molecular formula is C28H29N5O3S. The van der Waals surface area contributed by atoms with Crippen LogP contribution >= 0.6 is 0 Å². The highest BCUT2D eigenvalue weighted by Gasteiger charge is 2.26. The largest absolute Gasteiger partial charge is 0.348 e. The lowest BCUT2D eigenvalue weighted by molar-refractivity contribution is -0.116. The molecule has 1 amide bonds. The number of carbonyl (C=O) groups excluding carboxylic acids is 1. The van der Waals surface area contributed by atoms with Crippen molar-refractivity contribution in [3.8, 4) is 23.0 Å². The number of rotatable bonds is 8. The van der Waals surface area contributed by atoms with E-state index in [9.17, 15) is 18.5 Å². The Morgan fingerprint density at radius 2 is 1.81 bits per heavy atom. The predicted octanol–water partition coefficient (Wildman–Crippen LogP) is 4.31. The second-order valence-corrected chi connectivity index (χ2v) is 10.7. The average molecular weight is 516 g/mol. The van der Waals surface area contributed by atoms with Gasteiger partial charge in [0, 0.05) is 37.0 Å². The van der Waals surface area contributed by atoms with Gasteiger partial charge < -0.3 is 5.32 Å². The normalized spacial score (nSPS) is 14.9. The number of sulfonamides is 1. The van der Waals surface area contributed by atoms with Crippen LogP contribution in [-0.4, -0.2) is 48.0 Å². The zero-order valence-electron chi connectivity index (χ0n) is 20.5. The second-order valence-electron chi connectivity index (χ2n) is 8.73. The van der Waals surface area contributed by atoms with E-state index in [1.165, 1.54) is 12.2 Å². The molecule has 1 saturated heterocycles. The van der Waals surface area contributed by atoms with Crippen molar-refractivity contribution >= 4 is 22.0 Å². The summed E-state index contributed by atoms with van der Waals surface area (Å²) in [6.45, 7) is 4.82. The molecule has 3 aromatic rings. The number of amides is 1. The van der Waals surface area contributed by atoms with E-state index in [0.717, 1.165) is 31.4 Å². The van der Waals surface area contributed by atoms with Crippen molar-refractivity contribution in [3.63, 3.8) is 0 Å². The smallest absolute Gasteiger partial charge is 0.262 e. The van der Waals surface area contributed by atoms with Crippen LogP contribution < -0.4 is 5.32 Å². The Hall–Kier alpha value is -4.00. The molecule has 1 aliphatic rings. The van der Waals surface area contributed by atoms with Crippen molar-refractivity contribution in [1.82, 2.24) is 19.4 Å². The van der Waals surface area contributed by atoms with Gasteiger partial charge in [-0.1, -0.05) is 49.2 Å². The van der Waals surface area contributed by atoms with Crippen LogP contribution in [0.3, 0.4) is 0 Å². The third-order valence-electron chi connectivity index (χ3n) is 6.15. The van der Waals surface area contributed by atoms with Crippen LogP contribution in [0.15, 0.2) is 83.9 Å². The summed E-state index contributed by atoms with van der Waals surface area (Å²) in [5.41, 5.74) is 2.23. The molecule has 37 heavy (non-hydrogen) atoms. The maximum atomic E-state index is 13.4. The van der Waals surface area contributed by atoms with Gasteiger partial charge in [0.25, 0.3) is 5.91 Å². The molecule has 1 aliphatic heterocycles. The van der Waals surface area contributed by atoms with Crippen LogP contribution in [0.1, 0.15) is 31.2 Å². The first-order valence-corrected chi connectivity index (χ1v) is 13.6. The molecular weight excluding hydrogens is 486 g/mol. The van der Waals surface area contributed by atoms with Gasteiger partial charge in [0.15, 0.2) is 0 Å². The van der Waals surface area contributed by atoms with E-state index >= 15 is 0 Å². The zero-order chi connectivity index (χ0) is 26.3. The first kappa shape index (κ1) is 26.1. The van der Waals surface area contributed by atoms with Gasteiger partial charge in [-0.25, -0.2) is 13.1 Å². The molecule has 1 fully saturated rings. The van der Waals surface area contributed by atoms with E-state index in [0.29, 0.717) is 29.9 Å². The number of aromatic nitrogens is 2. The van der Waals surface area contributed by atoms with Gasteiger partial charge in [0.2, 0.25) is 10.0 Å². The predicted molar refractivity (Wildman–Crippen MR) is 143 cm³/mol. The minimum Gasteiger partial charge on any atom is -0.348 e. The minimum absolute atomic E-state index is 0.0935. The van der Waals surface area contributed by atoms with Gasteiger partial charge in [0.1, 0.15) is 17.3 Å². The quantitative estimate of drug-likeness (QED) is 0.273. The number of benzene rings is 2. The molecule has 4 rings (SSSR count). The zero-order valence-corrected chi connectivity index (χ0v) is 21.3. The summed E-state index contributed by atoms with van der Waals surface area (Å²) in [6.07, 6.45) is 8.47. The minimum atomic E-state index is -3.67. The number of nitriles is 1. The fraction of sp³-hybridized carbons (Fsp3) is 0.250. The fourth-order valence-electron chi connectivity index (χ4n) is 4.23. The summed E-state index contributed by atoms with van der Waals surface area (Å²) in [5, 5.41) is 17.0. The molecule has 8 nitrogen and oxygen atoms in total. The molecule has 2 heterocycles. The van der Waals surface area contributed by atoms with Crippen LogP contribution in [0.5, 0.6) is 0 Å². The van der Waals surface area contributed by atoms with Crippen LogP contribution in [0, 0.1) is 11.3 Å². The molecule has 1 aromatic heterocycles. The summed E-state index contributed by atoms with van der Waals surface area (Å²) in [7, 11) is -3.67. The highest BCUT2D eigenvalue weighted by molar-refractivity contribution is 7.89. The van der Waals surface area contributed by atoms with Gasteiger partial charge in [-0.2, -0.15) is 14.7 Å². The summed E-state index contributed by atoms with van der Waals surface area (Å²) in [4.78, 5) is 12.7. The topological polar surface area (TPSA) is 108 Å². The maximum Gasteiger partial charge on any atom is 0.262 e. The standard InChI is InChI=1S/C28H29N5O3S/c1-2-15-30-28(34)23(20-29)18-24-21-33(25-12-6-5-7-13-25)31-27(24)22-11-10-14-26(19-22)37(35,36)32-16-8-3-4-9-17-32/h2,5-7,10-14,18-19,21H,1,3-4,8-9,15-17H2,(H,30,34)/b23-18-. The van der Waals surface area contributed by atoms with Gasteiger partial charge in [0.05, 0.1) is 10.6 Å². The molecule has 1 N–H and O–H groups in total. The van der Waals surface area contributed by atoms with Crippen LogP contribution in [0.2, 0.25) is 0 Å². The van der Waals surface area contributed by atoms with Crippen molar-refractivity contribution in [1.29, 1.82) is 5.26 Å². The first-order chi connectivity index (χ1) is 17.9. The van der Waals surface area contributed by atoms with Crippen molar-refractivity contribution < 1.29 is 13.2 Å². The molecule has 0 saturated carbocycles. The fourth-order valence-corrected chi connectivity index (χ4v) is 5.79. The lowest BCUT2D eigenvalue weighted by Gasteiger charge is -2.20. The Kier molecular flexibility index (Phi) is 8.33. The number of nitrogens with zero attached hydrogens (tertiary/aromatic N) is 4. The first-order valence-electron chi connectivity index (χ1n) is 12.2. The van der Waals surface area contributed by atoms with Gasteiger partial charge in [-0.05, 0) is 43.2 Å². The third-order valence-corrected chi connectivity index (χ3v) is 8.04. The third kappa shape index (κ3) is 6.05. The Labute approximate surface area is 217 Å². The molecule has 190 valence electrons. The van der Waals surface area contributed by atoms with Crippen molar-refractivity contribution in [2.24, 2.45) is 0 Å². The molecule has 2 aromatic carbocycles. The van der Waals surface area contributed by atoms with E-state index in [4.69, 9.17) is 5.10 Å². The molecule has 0 radical (unpaired) electrons. The van der Waals surface area contributed by atoms with E-state index in [2.05, 4.69) is 11.9 Å². The Balaban J connectivity index is 1.79. The number of hydrogen-bond acceptors (Lipinski definition) is 5. The van der Waals surface area contributed by atoms with E-state index < -0.39 is 15.9 Å². The summed E-state index contributed by atoms with van der Waals surface area (Å²) in [6, 6.07) is 18.0. The van der Waals surface area contributed by atoms with Crippen molar-refractivity contribution in [2.45, 2.75) is 30.6 Å². The Bertz CT molecular complexity index is 1440. The Morgan fingerprint density at radius 3 is 2.49 bits per heavy atom. The lowest BCUT2D eigenvalue weighted by atomic mass is 10.1. The molecule has 9 heteroatoms. The molecule has 0 bridgehead atoms. The number of carbonyl (C=O) groups is 1. The van der Waals surface area contributed by atoms with E-state index in [1.807, 2.05) is 36.4 Å². The number of para-hydroxylation sites is 1. The summed E-state index contributed by atoms with van der Waals surface area (Å²) >= 11 is 0. The molecule has 0 unspecified atom stereocenters. The van der Waals surface area contributed by atoms with Gasteiger partial charge >= 0.3 is 0 Å². The van der Waals surface area contributed by atoms with Crippen LogP contribution in [0.25, 0.3) is 23.0 Å². The SMILES string of the molecule is C=CCNC(=O)/C(C#N)=C\c1cn(-c2ccccc2)nc1-c1cccc(S(=O)(=O)N2CCCCCC2)c1. The van der Waals surface area contributed by atoms with Crippen molar-refractivity contribution in [2.75, 3.05) is 19.6 Å². The van der Waals surface area contributed by atoms with E-state index in [-0.39, 0.29) is 17.0 Å². The second kappa shape index (κ2) is 11.8. The number of nitrogens with one attached hydrogen (secondary N) is 1. The summed E-state index contributed by atoms with van der Waals surface area (Å²) < 4.78 is 30.1. The highest BCUT2D eigenvalue weighted by Crippen LogP contribution is 2.29. The van der Waals surface area contributed by atoms with E-state index in [1.54, 1.807) is 39.4 Å². The molecule has 0 atom stereocenters. The average Bonchev–Trinajstić information content (AvgIpc) is 3.14. The van der Waals surface area contributed by atoms with Gasteiger partial charge in [-0.15, -0.1) is 6.58 Å². The monoisotopic (exact) mass is 515 g/mol. The molecule has 0 spiro atoms.